The molecule has 2 N–H and O–H groups in total. The van der Waals surface area contributed by atoms with Crippen LogP contribution in [-0.2, 0) is 6.54 Å². The molecule has 22 heavy (non-hydrogen) atoms. The molecule has 0 saturated heterocycles. The number of anilines is 1. The van der Waals surface area contributed by atoms with Gasteiger partial charge in [-0.3, -0.25) is 4.79 Å². The summed E-state index contributed by atoms with van der Waals surface area (Å²) in [6.07, 6.45) is 0. The predicted molar refractivity (Wildman–Crippen MR) is 89.5 cm³/mol. The van der Waals surface area contributed by atoms with Gasteiger partial charge >= 0.3 is 0 Å². The van der Waals surface area contributed by atoms with Gasteiger partial charge in [-0.25, -0.2) is 0 Å². The molecule has 0 unspecified atom stereocenters. The SMILES string of the molecule is CCNCc1ccccc1NC(=O)c1ccc(C)c(OC)c1. The molecule has 4 nitrogen and oxygen atoms in total. The molecule has 2 rings (SSSR count). The molecule has 4 heteroatoms. The largest absolute Gasteiger partial charge is 0.496 e. The number of para-hydroxylation sites is 1. The minimum atomic E-state index is -0.137. The standard InChI is InChI=1S/C18H22N2O2/c1-4-19-12-15-7-5-6-8-16(15)20-18(21)14-10-9-13(2)17(11-14)22-3/h5-11,19H,4,12H2,1-3H3,(H,20,21). The summed E-state index contributed by atoms with van der Waals surface area (Å²) < 4.78 is 5.27. The van der Waals surface area contributed by atoms with Gasteiger partial charge in [-0.2, -0.15) is 0 Å². The molecule has 0 saturated carbocycles. The molecule has 0 fully saturated rings. The summed E-state index contributed by atoms with van der Waals surface area (Å²) in [6.45, 7) is 5.62. The second kappa shape index (κ2) is 7.61. The first-order chi connectivity index (χ1) is 10.7. The number of carbonyl (C=O) groups excluding carboxylic acids is 1. The lowest BCUT2D eigenvalue weighted by atomic mass is 10.1. The Balaban J connectivity index is 2.18. The van der Waals surface area contributed by atoms with Crippen LogP contribution < -0.4 is 15.4 Å². The van der Waals surface area contributed by atoms with Crippen molar-refractivity contribution in [2.24, 2.45) is 0 Å². The first kappa shape index (κ1) is 16.0. The van der Waals surface area contributed by atoms with Crippen molar-refractivity contribution in [2.75, 3.05) is 19.0 Å². The zero-order chi connectivity index (χ0) is 15.9. The number of aryl methyl sites for hydroxylation is 1. The third-order valence-corrected chi connectivity index (χ3v) is 3.50. The fourth-order valence-corrected chi connectivity index (χ4v) is 2.21. The zero-order valence-electron chi connectivity index (χ0n) is 13.3. The molecule has 2 aromatic carbocycles. The average Bonchev–Trinajstić information content (AvgIpc) is 2.54. The predicted octanol–water partition coefficient (Wildman–Crippen LogP) is 3.37. The van der Waals surface area contributed by atoms with Crippen molar-refractivity contribution in [1.29, 1.82) is 0 Å². The van der Waals surface area contributed by atoms with Gasteiger partial charge in [0.05, 0.1) is 7.11 Å². The fourth-order valence-electron chi connectivity index (χ4n) is 2.21. The summed E-state index contributed by atoms with van der Waals surface area (Å²) in [7, 11) is 1.61. The Bertz CT molecular complexity index is 653. The Hall–Kier alpha value is -2.33. The van der Waals surface area contributed by atoms with Gasteiger partial charge in [0.1, 0.15) is 5.75 Å². The number of amides is 1. The van der Waals surface area contributed by atoms with E-state index in [2.05, 4.69) is 17.6 Å². The molecule has 1 amide bonds. The van der Waals surface area contributed by atoms with Crippen molar-refractivity contribution in [2.45, 2.75) is 20.4 Å². The number of methoxy groups -OCH3 is 1. The van der Waals surface area contributed by atoms with Crippen LogP contribution in [-0.4, -0.2) is 19.6 Å². The maximum atomic E-state index is 12.4. The molecular formula is C18H22N2O2. The summed E-state index contributed by atoms with van der Waals surface area (Å²) in [5, 5.41) is 6.24. The fraction of sp³-hybridized carbons (Fsp3) is 0.278. The lowest BCUT2D eigenvalue weighted by Gasteiger charge is -2.12. The molecule has 0 aliphatic rings. The molecule has 116 valence electrons. The van der Waals surface area contributed by atoms with Gasteiger partial charge in [0.25, 0.3) is 5.91 Å². The van der Waals surface area contributed by atoms with Crippen LogP contribution in [0.2, 0.25) is 0 Å². The minimum Gasteiger partial charge on any atom is -0.496 e. The van der Waals surface area contributed by atoms with E-state index in [1.54, 1.807) is 19.2 Å². The third-order valence-electron chi connectivity index (χ3n) is 3.50. The van der Waals surface area contributed by atoms with Crippen LogP contribution in [0, 0.1) is 6.92 Å². The lowest BCUT2D eigenvalue weighted by molar-refractivity contribution is 0.102. The molecular weight excluding hydrogens is 276 g/mol. The van der Waals surface area contributed by atoms with E-state index in [9.17, 15) is 4.79 Å². The van der Waals surface area contributed by atoms with E-state index in [-0.39, 0.29) is 5.91 Å². The van der Waals surface area contributed by atoms with Crippen molar-refractivity contribution >= 4 is 11.6 Å². The highest BCUT2D eigenvalue weighted by molar-refractivity contribution is 6.05. The summed E-state index contributed by atoms with van der Waals surface area (Å²) in [6, 6.07) is 13.3. The molecule has 2 aromatic rings. The Labute approximate surface area is 131 Å². The zero-order valence-corrected chi connectivity index (χ0v) is 13.3. The second-order valence-electron chi connectivity index (χ2n) is 5.08. The smallest absolute Gasteiger partial charge is 0.255 e. The van der Waals surface area contributed by atoms with Crippen molar-refractivity contribution < 1.29 is 9.53 Å². The molecule has 0 aromatic heterocycles. The van der Waals surface area contributed by atoms with Crippen LogP contribution in [0.15, 0.2) is 42.5 Å². The van der Waals surface area contributed by atoms with Crippen molar-refractivity contribution in [1.82, 2.24) is 5.32 Å². The van der Waals surface area contributed by atoms with Crippen molar-refractivity contribution in [3.05, 3.63) is 59.2 Å². The second-order valence-corrected chi connectivity index (χ2v) is 5.08. The van der Waals surface area contributed by atoms with E-state index >= 15 is 0 Å². The first-order valence-electron chi connectivity index (χ1n) is 7.40. The van der Waals surface area contributed by atoms with Crippen molar-refractivity contribution in [3.8, 4) is 5.75 Å². The van der Waals surface area contributed by atoms with E-state index in [4.69, 9.17) is 4.74 Å². The maximum absolute atomic E-state index is 12.4. The number of rotatable bonds is 6. The Morgan fingerprint density at radius 2 is 1.95 bits per heavy atom. The maximum Gasteiger partial charge on any atom is 0.255 e. The van der Waals surface area contributed by atoms with E-state index in [1.165, 1.54) is 0 Å². The van der Waals surface area contributed by atoms with Crippen LogP contribution in [0.5, 0.6) is 5.75 Å². The van der Waals surface area contributed by atoms with Crippen LogP contribution in [0.1, 0.15) is 28.4 Å². The number of ether oxygens (including phenoxy) is 1. The molecule has 0 aliphatic carbocycles. The number of hydrogen-bond donors (Lipinski definition) is 2. The normalized spacial score (nSPS) is 10.3. The number of nitrogens with one attached hydrogen (secondary N) is 2. The molecule has 0 spiro atoms. The van der Waals surface area contributed by atoms with Crippen LogP contribution >= 0.6 is 0 Å². The molecule has 0 bridgehead atoms. The number of benzene rings is 2. The first-order valence-corrected chi connectivity index (χ1v) is 7.40. The summed E-state index contributed by atoms with van der Waals surface area (Å²) >= 11 is 0. The van der Waals surface area contributed by atoms with Gasteiger partial charge < -0.3 is 15.4 Å². The quantitative estimate of drug-likeness (QED) is 0.859. The van der Waals surface area contributed by atoms with Gasteiger partial charge in [-0.05, 0) is 42.8 Å². The third kappa shape index (κ3) is 3.86. The molecule has 0 radical (unpaired) electrons. The lowest BCUT2D eigenvalue weighted by Crippen LogP contribution is -2.17. The van der Waals surface area contributed by atoms with Crippen LogP contribution in [0.4, 0.5) is 5.69 Å². The van der Waals surface area contributed by atoms with Crippen molar-refractivity contribution in [3.63, 3.8) is 0 Å². The van der Waals surface area contributed by atoms with E-state index in [1.807, 2.05) is 37.3 Å². The van der Waals surface area contributed by atoms with Gasteiger partial charge in [0.15, 0.2) is 0 Å². The van der Waals surface area contributed by atoms with Gasteiger partial charge in [0.2, 0.25) is 0 Å². The van der Waals surface area contributed by atoms with Gasteiger partial charge in [-0.15, -0.1) is 0 Å². The minimum absolute atomic E-state index is 0.137. The van der Waals surface area contributed by atoms with E-state index < -0.39 is 0 Å². The highest BCUT2D eigenvalue weighted by Crippen LogP contribution is 2.21. The molecule has 0 atom stereocenters. The van der Waals surface area contributed by atoms with Gasteiger partial charge in [0, 0.05) is 17.8 Å². The monoisotopic (exact) mass is 298 g/mol. The summed E-state index contributed by atoms with van der Waals surface area (Å²) in [5.41, 5.74) is 3.48. The molecule has 0 heterocycles. The number of hydrogen-bond acceptors (Lipinski definition) is 3. The Morgan fingerprint density at radius 1 is 1.18 bits per heavy atom. The molecule has 0 aliphatic heterocycles. The Kier molecular flexibility index (Phi) is 5.55. The van der Waals surface area contributed by atoms with E-state index in [0.717, 1.165) is 29.9 Å². The summed E-state index contributed by atoms with van der Waals surface area (Å²) in [5.74, 6) is 0.579. The van der Waals surface area contributed by atoms with Crippen LogP contribution in [0.25, 0.3) is 0 Å². The van der Waals surface area contributed by atoms with Crippen LogP contribution in [0.3, 0.4) is 0 Å². The van der Waals surface area contributed by atoms with Gasteiger partial charge in [-0.1, -0.05) is 31.2 Å². The summed E-state index contributed by atoms with van der Waals surface area (Å²) in [4.78, 5) is 12.4. The highest BCUT2D eigenvalue weighted by Gasteiger charge is 2.10. The highest BCUT2D eigenvalue weighted by atomic mass is 16.5. The topological polar surface area (TPSA) is 50.4 Å². The number of carbonyl (C=O) groups is 1. The van der Waals surface area contributed by atoms with E-state index in [0.29, 0.717) is 11.3 Å². The Morgan fingerprint density at radius 3 is 2.68 bits per heavy atom. The average molecular weight is 298 g/mol.